The maximum atomic E-state index is 10.1. The highest BCUT2D eigenvalue weighted by Gasteiger charge is 2.22. The van der Waals surface area contributed by atoms with E-state index in [1.165, 1.54) is 0 Å². The summed E-state index contributed by atoms with van der Waals surface area (Å²) in [5.41, 5.74) is 8.72. The largest absolute Gasteiger partial charge is 0.397 e. The molecule has 0 fully saturated rings. The zero-order valence-electron chi connectivity index (χ0n) is 11.0. The molecular formula is C12H15B2ClN2O. The van der Waals surface area contributed by atoms with Gasteiger partial charge in [-0.05, 0) is 26.0 Å². The van der Waals surface area contributed by atoms with Crippen molar-refractivity contribution in [3.63, 3.8) is 0 Å². The molecule has 2 aromatic rings. The summed E-state index contributed by atoms with van der Waals surface area (Å²) in [6.45, 7) is 3.35. The van der Waals surface area contributed by atoms with E-state index in [2.05, 4.69) is 4.98 Å². The molecule has 3 nitrogen and oxygen atoms in total. The van der Waals surface area contributed by atoms with Gasteiger partial charge in [0, 0.05) is 10.4 Å². The number of pyridine rings is 1. The van der Waals surface area contributed by atoms with Gasteiger partial charge >= 0.3 is 0 Å². The highest BCUT2D eigenvalue weighted by atomic mass is 35.5. The Morgan fingerprint density at radius 3 is 2.44 bits per heavy atom. The van der Waals surface area contributed by atoms with Crippen LogP contribution in [0, 0.1) is 0 Å². The summed E-state index contributed by atoms with van der Waals surface area (Å²) in [6.07, 6.45) is 0. The Labute approximate surface area is 113 Å². The molecular weight excluding hydrogens is 245 g/mol. The molecule has 0 spiro atoms. The van der Waals surface area contributed by atoms with Gasteiger partial charge in [0.15, 0.2) is 0 Å². The Morgan fingerprint density at radius 2 is 1.89 bits per heavy atom. The molecule has 3 N–H and O–H groups in total. The third kappa shape index (κ3) is 2.08. The van der Waals surface area contributed by atoms with Crippen molar-refractivity contribution in [2.75, 3.05) is 5.73 Å². The second-order valence-corrected chi connectivity index (χ2v) is 5.57. The number of halogens is 1. The first-order valence-electron chi connectivity index (χ1n) is 5.80. The fraction of sp³-hybridized carbons (Fsp3) is 0.250. The van der Waals surface area contributed by atoms with E-state index in [0.717, 1.165) is 21.8 Å². The molecule has 1 heterocycles. The number of aromatic nitrogens is 1. The van der Waals surface area contributed by atoms with Crippen LogP contribution >= 0.6 is 11.6 Å². The van der Waals surface area contributed by atoms with Crippen molar-refractivity contribution in [1.82, 2.24) is 4.98 Å². The van der Waals surface area contributed by atoms with Gasteiger partial charge in [-0.3, -0.25) is 0 Å². The van der Waals surface area contributed by atoms with Gasteiger partial charge in [0.1, 0.15) is 21.3 Å². The van der Waals surface area contributed by atoms with Crippen LogP contribution in [0.3, 0.4) is 0 Å². The first kappa shape index (κ1) is 13.2. The summed E-state index contributed by atoms with van der Waals surface area (Å²) < 4.78 is 0. The summed E-state index contributed by atoms with van der Waals surface area (Å²) in [5, 5.41) is 11.7. The van der Waals surface area contributed by atoms with E-state index >= 15 is 0 Å². The van der Waals surface area contributed by atoms with E-state index in [9.17, 15) is 5.11 Å². The average Bonchev–Trinajstić information content (AvgIpc) is 2.24. The lowest BCUT2D eigenvalue weighted by Crippen LogP contribution is -2.29. The van der Waals surface area contributed by atoms with Crippen LogP contribution in [0.15, 0.2) is 12.1 Å². The van der Waals surface area contributed by atoms with Gasteiger partial charge in [0.05, 0.1) is 16.9 Å². The fourth-order valence-corrected chi connectivity index (χ4v) is 2.31. The number of anilines is 1. The number of nitrogen functional groups attached to an aromatic ring is 1. The zero-order chi connectivity index (χ0) is 13.7. The lowest BCUT2D eigenvalue weighted by Gasteiger charge is -2.20. The number of aliphatic hydroxyl groups is 1. The number of fused-ring (bicyclic) bond motifs is 1. The van der Waals surface area contributed by atoms with Crippen LogP contribution in [0.2, 0.25) is 5.02 Å². The number of nitrogens with zero attached hydrogens (tertiary/aromatic N) is 1. The van der Waals surface area contributed by atoms with Crippen LogP contribution in [-0.2, 0) is 5.60 Å². The molecule has 18 heavy (non-hydrogen) atoms. The number of rotatable bonds is 1. The summed E-state index contributed by atoms with van der Waals surface area (Å²) in [5.74, 6) is 0. The van der Waals surface area contributed by atoms with Gasteiger partial charge in [-0.15, -0.1) is 0 Å². The Morgan fingerprint density at radius 1 is 1.28 bits per heavy atom. The number of benzene rings is 1. The highest BCUT2D eigenvalue weighted by molar-refractivity contribution is 6.57. The maximum Gasteiger partial charge on any atom is 0.141 e. The van der Waals surface area contributed by atoms with Crippen molar-refractivity contribution in [3.05, 3.63) is 22.8 Å². The van der Waals surface area contributed by atoms with Crippen molar-refractivity contribution < 1.29 is 5.11 Å². The van der Waals surface area contributed by atoms with E-state index in [0.29, 0.717) is 16.4 Å². The molecule has 6 heteroatoms. The molecule has 0 aliphatic carbocycles. The molecule has 1 aromatic carbocycles. The van der Waals surface area contributed by atoms with Gasteiger partial charge in [-0.25, -0.2) is 4.98 Å². The standard InChI is InChI=1S/C12H15B2ClN2O/c1-12(2,18)11-7(16)4-5-3-6(15)8(13)9(14)10(5)17-11/h3-4,18H,13-14,16H2,1-2H3. The van der Waals surface area contributed by atoms with Crippen molar-refractivity contribution >= 4 is 54.8 Å². The van der Waals surface area contributed by atoms with Crippen LogP contribution in [0.1, 0.15) is 19.5 Å². The first-order chi connectivity index (χ1) is 8.21. The molecule has 0 aliphatic heterocycles. The molecule has 0 aliphatic rings. The van der Waals surface area contributed by atoms with Crippen LogP contribution in [0.5, 0.6) is 0 Å². The Balaban J connectivity index is 2.86. The quantitative estimate of drug-likeness (QED) is 0.661. The maximum absolute atomic E-state index is 10.1. The molecule has 0 saturated heterocycles. The molecule has 0 saturated carbocycles. The zero-order valence-corrected chi connectivity index (χ0v) is 11.8. The SMILES string of the molecule is Bc1c(Cl)cc2cc(N)c(C(C)(C)O)nc2c1B. The fourth-order valence-electron chi connectivity index (χ4n) is 2.05. The van der Waals surface area contributed by atoms with Crippen molar-refractivity contribution in [2.24, 2.45) is 0 Å². The second-order valence-electron chi connectivity index (χ2n) is 5.17. The summed E-state index contributed by atoms with van der Waals surface area (Å²) in [6, 6.07) is 3.67. The van der Waals surface area contributed by atoms with Crippen LogP contribution in [-0.4, -0.2) is 25.8 Å². The third-order valence-electron chi connectivity index (χ3n) is 3.22. The topological polar surface area (TPSA) is 59.1 Å². The molecule has 1 aromatic heterocycles. The van der Waals surface area contributed by atoms with E-state index in [-0.39, 0.29) is 0 Å². The van der Waals surface area contributed by atoms with E-state index in [1.807, 2.05) is 27.8 Å². The van der Waals surface area contributed by atoms with Gasteiger partial charge in [0.25, 0.3) is 0 Å². The lowest BCUT2D eigenvalue weighted by molar-refractivity contribution is 0.0751. The van der Waals surface area contributed by atoms with E-state index in [4.69, 9.17) is 17.3 Å². The molecule has 0 atom stereocenters. The summed E-state index contributed by atoms with van der Waals surface area (Å²) >= 11 is 6.16. The Bertz CT molecular complexity index is 638. The molecule has 2 rings (SSSR count). The predicted octanol–water partition coefficient (Wildman–Crippen LogP) is -0.785. The Kier molecular flexibility index (Phi) is 3.07. The van der Waals surface area contributed by atoms with Gasteiger partial charge in [-0.2, -0.15) is 0 Å². The van der Waals surface area contributed by atoms with Gasteiger partial charge in [0.2, 0.25) is 0 Å². The number of nitrogens with two attached hydrogens (primary N) is 1. The Hall–Kier alpha value is -1.19. The minimum atomic E-state index is -1.06. The average molecular weight is 260 g/mol. The number of hydrogen-bond donors (Lipinski definition) is 2. The normalized spacial score (nSPS) is 12.0. The summed E-state index contributed by atoms with van der Waals surface area (Å²) in [4.78, 5) is 4.51. The molecule has 0 unspecified atom stereocenters. The van der Waals surface area contributed by atoms with Crippen molar-refractivity contribution in [1.29, 1.82) is 0 Å². The first-order valence-corrected chi connectivity index (χ1v) is 6.18. The highest BCUT2D eigenvalue weighted by Crippen LogP contribution is 2.27. The van der Waals surface area contributed by atoms with Gasteiger partial charge < -0.3 is 10.8 Å². The summed E-state index contributed by atoms with van der Waals surface area (Å²) in [7, 11) is 3.93. The third-order valence-corrected chi connectivity index (χ3v) is 3.61. The molecule has 92 valence electrons. The molecule has 0 radical (unpaired) electrons. The van der Waals surface area contributed by atoms with Gasteiger partial charge in [-0.1, -0.05) is 22.5 Å². The number of hydrogen-bond acceptors (Lipinski definition) is 3. The van der Waals surface area contributed by atoms with Crippen LogP contribution < -0.4 is 16.7 Å². The lowest BCUT2D eigenvalue weighted by atomic mass is 9.79. The second kappa shape index (κ2) is 4.18. The van der Waals surface area contributed by atoms with E-state index in [1.54, 1.807) is 13.8 Å². The van der Waals surface area contributed by atoms with Crippen LogP contribution in [0.4, 0.5) is 5.69 Å². The van der Waals surface area contributed by atoms with Crippen LogP contribution in [0.25, 0.3) is 10.9 Å². The molecule has 0 bridgehead atoms. The van der Waals surface area contributed by atoms with E-state index < -0.39 is 5.60 Å². The minimum absolute atomic E-state index is 0.481. The molecule has 0 amide bonds. The monoisotopic (exact) mass is 260 g/mol. The minimum Gasteiger partial charge on any atom is -0.397 e. The predicted molar refractivity (Wildman–Crippen MR) is 82.8 cm³/mol. The smallest absolute Gasteiger partial charge is 0.141 e. The van der Waals surface area contributed by atoms with Crippen molar-refractivity contribution in [3.8, 4) is 0 Å². The van der Waals surface area contributed by atoms with Crippen molar-refractivity contribution in [2.45, 2.75) is 19.4 Å².